The molecule has 3 unspecified atom stereocenters. The number of carbonyl (C=O) groups is 1. The van der Waals surface area contributed by atoms with Crippen LogP contribution in [0.4, 0.5) is 4.79 Å². The summed E-state index contributed by atoms with van der Waals surface area (Å²) in [6.45, 7) is 4.75. The van der Waals surface area contributed by atoms with Crippen molar-refractivity contribution in [3.63, 3.8) is 0 Å². The molecule has 0 aliphatic carbocycles. The Kier molecular flexibility index (Phi) is 4.38. The molecule has 3 heterocycles. The first-order chi connectivity index (χ1) is 10.6. The van der Waals surface area contributed by atoms with Crippen LogP contribution in [0.1, 0.15) is 50.1 Å². The van der Waals surface area contributed by atoms with E-state index >= 15 is 0 Å². The number of aryl methyl sites for hydroxylation is 2. The van der Waals surface area contributed by atoms with E-state index in [0.29, 0.717) is 12.6 Å². The summed E-state index contributed by atoms with van der Waals surface area (Å²) in [7, 11) is 1.97. The normalized spacial score (nSPS) is 26.4. The van der Waals surface area contributed by atoms with Gasteiger partial charge in [-0.3, -0.25) is 4.68 Å². The van der Waals surface area contributed by atoms with Crippen molar-refractivity contribution in [3.8, 4) is 0 Å². The minimum atomic E-state index is -0.103. The molecule has 1 aromatic heterocycles. The number of amides is 2. The van der Waals surface area contributed by atoms with Crippen molar-refractivity contribution in [3.05, 3.63) is 17.0 Å². The minimum Gasteiger partial charge on any atom is -0.373 e. The molecule has 0 spiro atoms. The summed E-state index contributed by atoms with van der Waals surface area (Å²) in [5.74, 6) is 0. The Balaban J connectivity index is 1.57. The first-order valence-corrected chi connectivity index (χ1v) is 8.35. The van der Waals surface area contributed by atoms with E-state index in [9.17, 15) is 4.79 Å². The molecule has 2 saturated heterocycles. The first-order valence-electron chi connectivity index (χ1n) is 8.35. The van der Waals surface area contributed by atoms with Crippen LogP contribution in [0.2, 0.25) is 0 Å². The monoisotopic (exact) mass is 306 g/mol. The lowest BCUT2D eigenvalue weighted by Crippen LogP contribution is -2.46. The highest BCUT2D eigenvalue weighted by Gasteiger charge is 2.41. The van der Waals surface area contributed by atoms with Crippen molar-refractivity contribution in [1.82, 2.24) is 20.4 Å². The van der Waals surface area contributed by atoms with Crippen LogP contribution < -0.4 is 10.6 Å². The second-order valence-corrected chi connectivity index (χ2v) is 6.25. The minimum absolute atomic E-state index is 0.103. The van der Waals surface area contributed by atoms with E-state index in [1.165, 1.54) is 5.69 Å². The van der Waals surface area contributed by atoms with Gasteiger partial charge in [-0.05, 0) is 32.1 Å². The molecule has 2 N–H and O–H groups in total. The van der Waals surface area contributed by atoms with Gasteiger partial charge in [-0.1, -0.05) is 13.8 Å². The van der Waals surface area contributed by atoms with E-state index in [1.54, 1.807) is 0 Å². The van der Waals surface area contributed by atoms with Crippen LogP contribution in [-0.2, 0) is 31.2 Å². The maximum atomic E-state index is 12.1. The van der Waals surface area contributed by atoms with E-state index in [2.05, 4.69) is 29.6 Å². The Morgan fingerprint density at radius 1 is 1.36 bits per heavy atom. The Morgan fingerprint density at radius 2 is 2.18 bits per heavy atom. The number of rotatable bonds is 5. The number of ether oxygens (including phenoxy) is 1. The number of hydrogen-bond acceptors (Lipinski definition) is 3. The third kappa shape index (κ3) is 2.84. The lowest BCUT2D eigenvalue weighted by Gasteiger charge is -2.20. The van der Waals surface area contributed by atoms with Crippen LogP contribution in [0.5, 0.6) is 0 Å². The van der Waals surface area contributed by atoms with Crippen LogP contribution in [-0.4, -0.2) is 34.1 Å². The molecule has 22 heavy (non-hydrogen) atoms. The molecule has 2 bridgehead atoms. The third-order valence-corrected chi connectivity index (χ3v) is 4.88. The molecule has 0 aromatic carbocycles. The lowest BCUT2D eigenvalue weighted by molar-refractivity contribution is 0.0981. The fraction of sp³-hybridized carbons (Fsp3) is 0.750. The zero-order chi connectivity index (χ0) is 15.7. The predicted octanol–water partition coefficient (Wildman–Crippen LogP) is 1.66. The van der Waals surface area contributed by atoms with Crippen LogP contribution in [0.3, 0.4) is 0 Å². The second kappa shape index (κ2) is 6.28. The zero-order valence-corrected chi connectivity index (χ0v) is 13.7. The van der Waals surface area contributed by atoms with Gasteiger partial charge < -0.3 is 15.4 Å². The van der Waals surface area contributed by atoms with Gasteiger partial charge in [0.25, 0.3) is 0 Å². The molecular weight excluding hydrogens is 280 g/mol. The number of nitrogens with one attached hydrogen (secondary N) is 2. The molecule has 6 heteroatoms. The lowest BCUT2D eigenvalue weighted by atomic mass is 9.96. The molecule has 2 aliphatic heterocycles. The topological polar surface area (TPSA) is 68.2 Å². The predicted molar refractivity (Wildman–Crippen MR) is 83.6 cm³/mol. The standard InChI is InChI=1S/C16H26N4O2/c1-4-12-11(14(5-2)20(3)19-12)9-17-16(21)18-13-8-10-6-7-15(13)22-10/h10,13,15H,4-9H2,1-3H3,(H2,17,18,21). The number of nitrogens with zero attached hydrogens (tertiary/aromatic N) is 2. The average Bonchev–Trinajstić information content (AvgIpc) is 3.18. The Labute approximate surface area is 131 Å². The van der Waals surface area contributed by atoms with Crippen LogP contribution in [0.25, 0.3) is 0 Å². The summed E-state index contributed by atoms with van der Waals surface area (Å²) in [6.07, 6.45) is 5.52. The van der Waals surface area contributed by atoms with E-state index in [1.807, 2.05) is 11.7 Å². The van der Waals surface area contributed by atoms with Crippen molar-refractivity contribution in [2.24, 2.45) is 7.05 Å². The number of urea groups is 1. The molecular formula is C16H26N4O2. The van der Waals surface area contributed by atoms with Gasteiger partial charge in [0.15, 0.2) is 0 Å². The molecule has 122 valence electrons. The maximum Gasteiger partial charge on any atom is 0.315 e. The molecule has 1 aromatic rings. The highest BCUT2D eigenvalue weighted by atomic mass is 16.5. The quantitative estimate of drug-likeness (QED) is 0.869. The van der Waals surface area contributed by atoms with Gasteiger partial charge >= 0.3 is 6.03 Å². The van der Waals surface area contributed by atoms with Gasteiger partial charge in [0.1, 0.15) is 0 Å². The molecule has 0 radical (unpaired) electrons. The maximum absolute atomic E-state index is 12.1. The zero-order valence-electron chi connectivity index (χ0n) is 13.7. The average molecular weight is 306 g/mol. The van der Waals surface area contributed by atoms with Crippen molar-refractivity contribution in [2.75, 3.05) is 0 Å². The van der Waals surface area contributed by atoms with Crippen molar-refractivity contribution in [2.45, 2.75) is 70.7 Å². The smallest absolute Gasteiger partial charge is 0.315 e. The first kappa shape index (κ1) is 15.3. The Morgan fingerprint density at radius 3 is 2.77 bits per heavy atom. The SMILES string of the molecule is CCc1nn(C)c(CC)c1CNC(=O)NC1CC2CCC1O2. The third-order valence-electron chi connectivity index (χ3n) is 4.88. The number of fused-ring (bicyclic) bond motifs is 2. The van der Waals surface area contributed by atoms with Gasteiger partial charge in [-0.25, -0.2) is 4.79 Å². The largest absolute Gasteiger partial charge is 0.373 e. The number of hydrogen-bond donors (Lipinski definition) is 2. The van der Waals surface area contributed by atoms with Gasteiger partial charge in [-0.2, -0.15) is 5.10 Å². The van der Waals surface area contributed by atoms with E-state index in [-0.39, 0.29) is 18.2 Å². The molecule has 2 amide bonds. The summed E-state index contributed by atoms with van der Waals surface area (Å²) in [5.41, 5.74) is 3.43. The van der Waals surface area contributed by atoms with Gasteiger partial charge in [0, 0.05) is 24.8 Å². The van der Waals surface area contributed by atoms with Gasteiger partial charge in [0.2, 0.25) is 0 Å². The molecule has 2 fully saturated rings. The summed E-state index contributed by atoms with van der Waals surface area (Å²) >= 11 is 0. The second-order valence-electron chi connectivity index (χ2n) is 6.25. The molecule has 3 atom stereocenters. The molecule has 2 aliphatic rings. The van der Waals surface area contributed by atoms with Gasteiger partial charge in [-0.15, -0.1) is 0 Å². The van der Waals surface area contributed by atoms with Crippen molar-refractivity contribution >= 4 is 6.03 Å². The van der Waals surface area contributed by atoms with Crippen molar-refractivity contribution in [1.29, 1.82) is 0 Å². The van der Waals surface area contributed by atoms with Crippen LogP contribution in [0.15, 0.2) is 0 Å². The molecule has 6 nitrogen and oxygen atoms in total. The summed E-state index contributed by atoms with van der Waals surface area (Å²) in [4.78, 5) is 12.1. The number of carbonyl (C=O) groups excluding carboxylic acids is 1. The van der Waals surface area contributed by atoms with Crippen LogP contribution in [0, 0.1) is 0 Å². The Hall–Kier alpha value is -1.56. The summed E-state index contributed by atoms with van der Waals surface area (Å²) in [5, 5.41) is 10.6. The molecule has 0 saturated carbocycles. The van der Waals surface area contributed by atoms with Gasteiger partial charge in [0.05, 0.1) is 23.9 Å². The highest BCUT2D eigenvalue weighted by Crippen LogP contribution is 2.34. The van der Waals surface area contributed by atoms with Crippen molar-refractivity contribution < 1.29 is 9.53 Å². The van der Waals surface area contributed by atoms with E-state index in [0.717, 1.165) is 43.4 Å². The van der Waals surface area contributed by atoms with E-state index in [4.69, 9.17) is 4.74 Å². The fourth-order valence-corrected chi connectivity index (χ4v) is 3.77. The summed E-state index contributed by atoms with van der Waals surface area (Å²) in [6, 6.07) is 0.0676. The number of aromatic nitrogens is 2. The van der Waals surface area contributed by atoms with E-state index < -0.39 is 0 Å². The fourth-order valence-electron chi connectivity index (χ4n) is 3.77. The highest BCUT2D eigenvalue weighted by molar-refractivity contribution is 5.74. The molecule has 3 rings (SSSR count). The van der Waals surface area contributed by atoms with Crippen LogP contribution >= 0.6 is 0 Å². The Bertz CT molecular complexity index is 555. The summed E-state index contributed by atoms with van der Waals surface area (Å²) < 4.78 is 7.70.